The molecule has 17 nitrogen and oxygen atoms in total. The maximum absolute atomic E-state index is 13.1. The quantitative estimate of drug-likeness (QED) is 0.0128. The second kappa shape index (κ2) is 75.0. The molecule has 0 aromatic heterocycles. The zero-order valence-corrected chi connectivity index (χ0v) is 66.0. The number of allylic oxidation sites excluding steroid dienone is 18. The summed E-state index contributed by atoms with van der Waals surface area (Å²) in [5.74, 6) is -2.27. The van der Waals surface area contributed by atoms with Crippen LogP contribution in [0, 0.1) is 0 Å². The Kier molecular flexibility index (Phi) is 71.8. The van der Waals surface area contributed by atoms with Gasteiger partial charge in [0, 0.05) is 25.7 Å². The van der Waals surface area contributed by atoms with Crippen LogP contribution in [0.5, 0.6) is 0 Å². The summed E-state index contributed by atoms with van der Waals surface area (Å²) in [6.07, 6.45) is 80.7. The number of esters is 4. The summed E-state index contributed by atoms with van der Waals surface area (Å²) in [4.78, 5) is 73.0. The fraction of sp³-hybridized carbons (Fsp3) is 0.735. The molecule has 0 fully saturated rings. The molecule has 0 spiro atoms. The molecule has 0 aliphatic rings. The van der Waals surface area contributed by atoms with E-state index in [1.54, 1.807) is 0 Å². The van der Waals surface area contributed by atoms with Crippen molar-refractivity contribution in [2.45, 2.75) is 354 Å². The molecule has 0 saturated carbocycles. The van der Waals surface area contributed by atoms with Crippen LogP contribution in [0.15, 0.2) is 109 Å². The topological polar surface area (TPSA) is 237 Å². The lowest BCUT2D eigenvalue weighted by Gasteiger charge is -2.21. The summed E-state index contributed by atoms with van der Waals surface area (Å²) in [6.45, 7) is 4.72. The van der Waals surface area contributed by atoms with E-state index in [0.29, 0.717) is 32.1 Å². The number of aliphatic hydroxyl groups excluding tert-OH is 1. The second-order valence-electron chi connectivity index (χ2n) is 26.7. The van der Waals surface area contributed by atoms with E-state index < -0.39 is 97.5 Å². The van der Waals surface area contributed by atoms with E-state index in [9.17, 15) is 43.2 Å². The van der Waals surface area contributed by atoms with Gasteiger partial charge in [-0.15, -0.1) is 0 Å². The van der Waals surface area contributed by atoms with Gasteiger partial charge in [0.05, 0.1) is 26.4 Å². The molecular formula is C83H144O17P2. The van der Waals surface area contributed by atoms with Crippen molar-refractivity contribution in [2.75, 3.05) is 39.6 Å². The van der Waals surface area contributed by atoms with Crippen molar-refractivity contribution < 1.29 is 80.2 Å². The number of hydrogen-bond acceptors (Lipinski definition) is 15. The summed E-state index contributed by atoms with van der Waals surface area (Å²) in [6, 6.07) is 0. The molecule has 19 heteroatoms. The van der Waals surface area contributed by atoms with Gasteiger partial charge >= 0.3 is 39.5 Å². The number of ether oxygens (including phenoxy) is 4. The third-order valence-electron chi connectivity index (χ3n) is 16.7. The van der Waals surface area contributed by atoms with E-state index >= 15 is 0 Å². The molecule has 0 saturated heterocycles. The van der Waals surface area contributed by atoms with Crippen LogP contribution >= 0.6 is 15.6 Å². The van der Waals surface area contributed by atoms with Crippen LogP contribution in [-0.4, -0.2) is 96.7 Å². The molecule has 0 rings (SSSR count). The lowest BCUT2D eigenvalue weighted by atomic mass is 10.1. The van der Waals surface area contributed by atoms with Crippen molar-refractivity contribution in [3.63, 3.8) is 0 Å². The zero-order chi connectivity index (χ0) is 74.6. The number of carbonyl (C=O) groups is 4. The predicted octanol–water partition coefficient (Wildman–Crippen LogP) is 23.3. The third kappa shape index (κ3) is 74.0. The average molecular weight is 1480 g/mol. The van der Waals surface area contributed by atoms with Gasteiger partial charge in [0.15, 0.2) is 12.2 Å². The highest BCUT2D eigenvalue weighted by Crippen LogP contribution is 2.45. The molecule has 0 amide bonds. The van der Waals surface area contributed by atoms with Gasteiger partial charge in [-0.2, -0.15) is 0 Å². The van der Waals surface area contributed by atoms with E-state index in [-0.39, 0.29) is 25.7 Å². The maximum atomic E-state index is 13.1. The number of carbonyl (C=O) groups excluding carboxylic acids is 4. The Morgan fingerprint density at radius 3 is 0.873 bits per heavy atom. The molecule has 588 valence electrons. The Labute approximate surface area is 619 Å². The van der Waals surface area contributed by atoms with Crippen molar-refractivity contribution in [1.82, 2.24) is 0 Å². The van der Waals surface area contributed by atoms with E-state index in [0.717, 1.165) is 148 Å². The molecule has 2 unspecified atom stereocenters. The normalized spacial score (nSPS) is 14.5. The number of phosphoric acid groups is 2. The minimum absolute atomic E-state index is 0.0165. The van der Waals surface area contributed by atoms with Crippen LogP contribution in [0.1, 0.15) is 336 Å². The van der Waals surface area contributed by atoms with Gasteiger partial charge < -0.3 is 33.8 Å². The van der Waals surface area contributed by atoms with Gasteiger partial charge in [-0.3, -0.25) is 37.3 Å². The minimum Gasteiger partial charge on any atom is -0.462 e. The van der Waals surface area contributed by atoms with Gasteiger partial charge in [-0.25, -0.2) is 9.13 Å². The first-order valence-electron chi connectivity index (χ1n) is 40.1. The molecule has 3 N–H and O–H groups in total. The van der Waals surface area contributed by atoms with Crippen molar-refractivity contribution in [1.29, 1.82) is 0 Å². The monoisotopic (exact) mass is 1470 g/mol. The summed E-state index contributed by atoms with van der Waals surface area (Å²) in [7, 11) is -9.98. The van der Waals surface area contributed by atoms with Crippen molar-refractivity contribution in [3.8, 4) is 0 Å². The predicted molar refractivity (Wildman–Crippen MR) is 418 cm³/mol. The molecule has 0 radical (unpaired) electrons. The highest BCUT2D eigenvalue weighted by atomic mass is 31.2. The van der Waals surface area contributed by atoms with Gasteiger partial charge in [-0.05, 0) is 148 Å². The first-order valence-corrected chi connectivity index (χ1v) is 43.1. The largest absolute Gasteiger partial charge is 0.472 e. The molecule has 0 aromatic rings. The molecule has 0 aliphatic heterocycles. The van der Waals surface area contributed by atoms with Crippen LogP contribution in [0.25, 0.3) is 0 Å². The van der Waals surface area contributed by atoms with Crippen molar-refractivity contribution in [2.24, 2.45) is 0 Å². The number of rotatable bonds is 75. The Bertz CT molecular complexity index is 2360. The number of aliphatic hydroxyl groups is 1. The first kappa shape index (κ1) is 97.7. The number of hydrogen-bond donors (Lipinski definition) is 3. The van der Waals surface area contributed by atoms with Crippen LogP contribution in [0.3, 0.4) is 0 Å². The fourth-order valence-corrected chi connectivity index (χ4v) is 12.1. The first-order chi connectivity index (χ1) is 49.7. The van der Waals surface area contributed by atoms with Crippen LogP contribution < -0.4 is 0 Å². The second-order valence-corrected chi connectivity index (χ2v) is 29.6. The molecule has 0 bridgehead atoms. The Morgan fingerprint density at radius 2 is 0.520 bits per heavy atom. The van der Waals surface area contributed by atoms with Gasteiger partial charge in [-0.1, -0.05) is 272 Å². The SMILES string of the molecule is CCCCC/C=C\C/C=C\C/C=C\C/C=C\CCCC(=O)O[C@H](COC(=O)CCCCCCC/C=C\CCCCCCCC)COP(=O)(O)OC[C@H](O)COP(=O)(O)OC[C@@H](COC(=O)CCCCCCC/C=C\C=C/CCCCCC)OC(=O)CCCCCCC/C=C\C/C=C\CCCCC. The van der Waals surface area contributed by atoms with Crippen LogP contribution in [0.2, 0.25) is 0 Å². The summed E-state index contributed by atoms with van der Waals surface area (Å²) in [5, 5.41) is 10.6. The summed E-state index contributed by atoms with van der Waals surface area (Å²) < 4.78 is 68.5. The molecule has 0 aromatic carbocycles. The average Bonchev–Trinajstić information content (AvgIpc) is 0.917. The molecule has 0 heterocycles. The Morgan fingerprint density at radius 1 is 0.284 bits per heavy atom. The summed E-state index contributed by atoms with van der Waals surface area (Å²) >= 11 is 0. The number of phosphoric ester groups is 2. The molecular weight excluding hydrogens is 1330 g/mol. The van der Waals surface area contributed by atoms with Crippen LogP contribution in [0.4, 0.5) is 0 Å². The lowest BCUT2D eigenvalue weighted by Crippen LogP contribution is -2.30. The highest BCUT2D eigenvalue weighted by Gasteiger charge is 2.30. The highest BCUT2D eigenvalue weighted by molar-refractivity contribution is 7.47. The van der Waals surface area contributed by atoms with E-state index in [4.69, 9.17) is 37.0 Å². The van der Waals surface area contributed by atoms with Gasteiger partial charge in [0.1, 0.15) is 19.3 Å². The van der Waals surface area contributed by atoms with Gasteiger partial charge in [0.2, 0.25) is 0 Å². The van der Waals surface area contributed by atoms with Crippen molar-refractivity contribution >= 4 is 39.5 Å². The van der Waals surface area contributed by atoms with E-state index in [2.05, 4.69) is 125 Å². The fourth-order valence-electron chi connectivity index (χ4n) is 10.5. The zero-order valence-electron chi connectivity index (χ0n) is 64.3. The van der Waals surface area contributed by atoms with E-state index in [1.165, 1.54) is 103 Å². The maximum Gasteiger partial charge on any atom is 0.472 e. The standard InChI is InChI=1S/C83H144O17P2/c1-5-9-13-17-21-25-29-33-37-38-42-46-50-54-58-62-66-70-83(88)100-79(74-94-81(86)68-64-60-56-52-48-44-40-35-31-27-23-19-15-11-7-3)76-98-102(91,92)96-72-77(84)71-95-101(89,90)97-75-78(99-82(87)69-65-61-57-53-49-45-41-36-32-28-24-20-16-12-8-4)73-93-80(85)67-63-59-55-51-47-43-39-34-30-26-22-18-14-10-6-2/h21,24-26,28,30,33-37,39-42,46,54,58,77-79,84H,5-20,22-23,27,29,31-32,38,43-45,47-53,55-57,59-76H2,1-4H3,(H,89,90)(H,91,92)/b25-21-,28-24-,30-26-,37-33-,39-34-,40-35-,41-36-,46-42-,58-54-/t77-,78-,79-/m1/s1. The minimum atomic E-state index is -4.99. The lowest BCUT2D eigenvalue weighted by molar-refractivity contribution is -0.161. The Hall–Kier alpha value is -4.28. The third-order valence-corrected chi connectivity index (χ3v) is 18.6. The van der Waals surface area contributed by atoms with Crippen LogP contribution in [-0.2, 0) is 65.4 Å². The molecule has 5 atom stereocenters. The summed E-state index contributed by atoms with van der Waals surface area (Å²) in [5.41, 5.74) is 0. The van der Waals surface area contributed by atoms with E-state index in [1.807, 2.05) is 12.2 Å². The molecule has 102 heavy (non-hydrogen) atoms. The number of unbranched alkanes of at least 4 members (excludes halogenated alkanes) is 32. The molecule has 0 aliphatic carbocycles. The van der Waals surface area contributed by atoms with Crippen molar-refractivity contribution in [3.05, 3.63) is 109 Å². The Balaban J connectivity index is 5.44. The smallest absolute Gasteiger partial charge is 0.462 e. The van der Waals surface area contributed by atoms with Gasteiger partial charge in [0.25, 0.3) is 0 Å².